The number of amides is 2. The van der Waals surface area contributed by atoms with Crippen LogP contribution in [-0.2, 0) is 0 Å². The largest absolute Gasteiger partial charge is 0.336 e. The van der Waals surface area contributed by atoms with Crippen molar-refractivity contribution in [3.63, 3.8) is 0 Å². The lowest BCUT2D eigenvalue weighted by molar-refractivity contribution is 0.0890. The molecule has 1 heterocycles. The molecule has 0 aromatic rings. The van der Waals surface area contributed by atoms with E-state index in [1.54, 1.807) is 0 Å². The molecule has 1 saturated carbocycles. The number of nitrogens with zero attached hydrogens (tertiary/aromatic N) is 1. The summed E-state index contributed by atoms with van der Waals surface area (Å²) in [4.78, 5) is 13.6. The Kier molecular flexibility index (Phi) is 2.87. The summed E-state index contributed by atoms with van der Waals surface area (Å²) in [6.45, 7) is 4.48. The highest BCUT2D eigenvalue weighted by Crippen LogP contribution is 2.36. The van der Waals surface area contributed by atoms with Crippen molar-refractivity contribution in [1.29, 1.82) is 0 Å². The van der Waals surface area contributed by atoms with Crippen LogP contribution in [0.15, 0.2) is 0 Å². The molecule has 2 fully saturated rings. The molecule has 0 aromatic heterocycles. The molecule has 0 atom stereocenters. The maximum Gasteiger partial charge on any atom is 0.318 e. The standard InChI is InChI=1S/C11H21N3O/c1-9-2-4-11(8-12,5-3-9)14-7-6-13-10(14)15/h9H,2-8,12H2,1H3,(H,13,15). The Balaban J connectivity index is 2.10. The van der Waals surface area contributed by atoms with Gasteiger partial charge in [-0.2, -0.15) is 0 Å². The fourth-order valence-corrected chi connectivity index (χ4v) is 2.81. The number of hydrogen-bond acceptors (Lipinski definition) is 2. The van der Waals surface area contributed by atoms with E-state index >= 15 is 0 Å². The van der Waals surface area contributed by atoms with Gasteiger partial charge >= 0.3 is 6.03 Å². The summed E-state index contributed by atoms with van der Waals surface area (Å²) in [5, 5.41) is 2.87. The van der Waals surface area contributed by atoms with E-state index in [1.807, 2.05) is 4.90 Å². The van der Waals surface area contributed by atoms with Crippen LogP contribution in [0.4, 0.5) is 4.79 Å². The number of carbonyl (C=O) groups excluding carboxylic acids is 1. The normalized spacial score (nSPS) is 36.8. The molecule has 4 heteroatoms. The lowest BCUT2D eigenvalue weighted by atomic mass is 9.76. The molecule has 4 nitrogen and oxygen atoms in total. The Morgan fingerprint density at radius 2 is 2.20 bits per heavy atom. The van der Waals surface area contributed by atoms with Gasteiger partial charge in [0.2, 0.25) is 0 Å². The number of nitrogens with two attached hydrogens (primary N) is 1. The zero-order valence-electron chi connectivity index (χ0n) is 9.46. The van der Waals surface area contributed by atoms with Crippen molar-refractivity contribution < 1.29 is 4.79 Å². The fraction of sp³-hybridized carbons (Fsp3) is 0.909. The second kappa shape index (κ2) is 4.00. The maximum absolute atomic E-state index is 11.7. The van der Waals surface area contributed by atoms with Crippen LogP contribution >= 0.6 is 0 Å². The second-order valence-corrected chi connectivity index (χ2v) is 4.99. The molecule has 0 bridgehead atoms. The minimum atomic E-state index is -0.0485. The van der Waals surface area contributed by atoms with Crippen LogP contribution in [0.5, 0.6) is 0 Å². The first-order valence-electron chi connectivity index (χ1n) is 5.93. The fourth-order valence-electron chi connectivity index (χ4n) is 2.81. The van der Waals surface area contributed by atoms with E-state index in [-0.39, 0.29) is 11.6 Å². The third kappa shape index (κ3) is 1.83. The number of nitrogens with one attached hydrogen (secondary N) is 1. The minimum absolute atomic E-state index is 0.0485. The van der Waals surface area contributed by atoms with Gasteiger partial charge < -0.3 is 16.0 Å². The van der Waals surface area contributed by atoms with Crippen LogP contribution in [0, 0.1) is 5.92 Å². The van der Waals surface area contributed by atoms with E-state index in [0.717, 1.165) is 31.8 Å². The van der Waals surface area contributed by atoms with Crippen LogP contribution < -0.4 is 11.1 Å². The lowest BCUT2D eigenvalue weighted by Gasteiger charge is -2.44. The van der Waals surface area contributed by atoms with E-state index in [2.05, 4.69) is 12.2 Å². The molecule has 15 heavy (non-hydrogen) atoms. The average molecular weight is 211 g/mol. The van der Waals surface area contributed by atoms with Gasteiger partial charge in [-0.15, -0.1) is 0 Å². The first-order chi connectivity index (χ1) is 7.18. The van der Waals surface area contributed by atoms with Crippen molar-refractivity contribution in [2.24, 2.45) is 11.7 Å². The van der Waals surface area contributed by atoms with Crippen LogP contribution in [0.25, 0.3) is 0 Å². The van der Waals surface area contributed by atoms with Crippen LogP contribution in [0.3, 0.4) is 0 Å². The second-order valence-electron chi connectivity index (χ2n) is 4.99. The Hall–Kier alpha value is -0.770. The Morgan fingerprint density at radius 3 is 2.67 bits per heavy atom. The van der Waals surface area contributed by atoms with E-state index in [1.165, 1.54) is 12.8 Å². The van der Waals surface area contributed by atoms with Gasteiger partial charge in [-0.1, -0.05) is 6.92 Å². The van der Waals surface area contributed by atoms with Crippen molar-refractivity contribution in [1.82, 2.24) is 10.2 Å². The van der Waals surface area contributed by atoms with Gasteiger partial charge in [0.25, 0.3) is 0 Å². The molecule has 2 aliphatic rings. The van der Waals surface area contributed by atoms with Crippen molar-refractivity contribution in [3.8, 4) is 0 Å². The number of urea groups is 1. The molecular formula is C11H21N3O. The summed E-state index contributed by atoms with van der Waals surface area (Å²) >= 11 is 0. The predicted octanol–water partition coefficient (Wildman–Crippen LogP) is 0.919. The molecular weight excluding hydrogens is 190 g/mol. The number of rotatable bonds is 2. The smallest absolute Gasteiger partial charge is 0.318 e. The lowest BCUT2D eigenvalue weighted by Crippen LogP contribution is -2.56. The van der Waals surface area contributed by atoms with Crippen LogP contribution in [0.2, 0.25) is 0 Å². The summed E-state index contributed by atoms with van der Waals surface area (Å²) in [5.41, 5.74) is 5.86. The zero-order valence-corrected chi connectivity index (χ0v) is 9.46. The average Bonchev–Trinajstić information content (AvgIpc) is 2.67. The highest BCUT2D eigenvalue weighted by molar-refractivity contribution is 5.77. The van der Waals surface area contributed by atoms with E-state index in [9.17, 15) is 4.79 Å². The van der Waals surface area contributed by atoms with E-state index < -0.39 is 0 Å². The molecule has 86 valence electrons. The summed E-state index contributed by atoms with van der Waals surface area (Å²) in [7, 11) is 0. The van der Waals surface area contributed by atoms with E-state index in [4.69, 9.17) is 5.73 Å². The van der Waals surface area contributed by atoms with Gasteiger partial charge in [0.05, 0.1) is 5.54 Å². The first-order valence-corrected chi connectivity index (χ1v) is 5.93. The molecule has 1 saturated heterocycles. The van der Waals surface area contributed by atoms with Gasteiger partial charge in [0, 0.05) is 19.6 Å². The minimum Gasteiger partial charge on any atom is -0.336 e. The topological polar surface area (TPSA) is 58.4 Å². The Bertz CT molecular complexity index is 246. The molecule has 0 aromatic carbocycles. The van der Waals surface area contributed by atoms with Gasteiger partial charge in [0.15, 0.2) is 0 Å². The predicted molar refractivity (Wildman–Crippen MR) is 59.5 cm³/mol. The molecule has 0 radical (unpaired) electrons. The van der Waals surface area contributed by atoms with Gasteiger partial charge in [-0.05, 0) is 31.6 Å². The molecule has 0 unspecified atom stereocenters. The highest BCUT2D eigenvalue weighted by Gasteiger charge is 2.42. The molecule has 3 N–H and O–H groups in total. The number of hydrogen-bond donors (Lipinski definition) is 2. The SMILES string of the molecule is CC1CCC(CN)(N2CCNC2=O)CC1. The van der Waals surface area contributed by atoms with E-state index in [0.29, 0.717) is 6.54 Å². The van der Waals surface area contributed by atoms with Crippen LogP contribution in [0.1, 0.15) is 32.6 Å². The third-order valence-corrected chi connectivity index (χ3v) is 4.01. The molecule has 1 aliphatic heterocycles. The summed E-state index contributed by atoms with van der Waals surface area (Å²) < 4.78 is 0. The van der Waals surface area contributed by atoms with Crippen molar-refractivity contribution in [2.45, 2.75) is 38.1 Å². The first kappa shape index (κ1) is 10.7. The molecule has 2 rings (SSSR count). The highest BCUT2D eigenvalue weighted by atomic mass is 16.2. The molecule has 1 aliphatic carbocycles. The zero-order chi connectivity index (χ0) is 10.9. The molecule has 2 amide bonds. The number of carbonyl (C=O) groups is 1. The quantitative estimate of drug-likeness (QED) is 0.713. The third-order valence-electron chi connectivity index (χ3n) is 4.01. The van der Waals surface area contributed by atoms with Crippen molar-refractivity contribution >= 4 is 6.03 Å². The summed E-state index contributed by atoms with van der Waals surface area (Å²) in [5.74, 6) is 0.787. The Morgan fingerprint density at radius 1 is 1.53 bits per heavy atom. The van der Waals surface area contributed by atoms with Gasteiger partial charge in [-0.25, -0.2) is 4.79 Å². The monoisotopic (exact) mass is 211 g/mol. The van der Waals surface area contributed by atoms with Crippen molar-refractivity contribution in [2.75, 3.05) is 19.6 Å². The molecule has 0 spiro atoms. The van der Waals surface area contributed by atoms with Crippen LogP contribution in [-0.4, -0.2) is 36.1 Å². The van der Waals surface area contributed by atoms with Crippen molar-refractivity contribution in [3.05, 3.63) is 0 Å². The van der Waals surface area contributed by atoms with Gasteiger partial charge in [0.1, 0.15) is 0 Å². The maximum atomic E-state index is 11.7. The Labute approximate surface area is 91.2 Å². The van der Waals surface area contributed by atoms with Gasteiger partial charge in [-0.3, -0.25) is 0 Å². The summed E-state index contributed by atoms with van der Waals surface area (Å²) in [6, 6.07) is 0.0787. The summed E-state index contributed by atoms with van der Waals surface area (Å²) in [6.07, 6.45) is 4.53.